The summed E-state index contributed by atoms with van der Waals surface area (Å²) in [6.45, 7) is 7.91. The van der Waals surface area contributed by atoms with Crippen LogP contribution in [0.15, 0.2) is 97.1 Å². The lowest BCUT2D eigenvalue weighted by atomic mass is 10.1. The van der Waals surface area contributed by atoms with Crippen LogP contribution in [0.4, 0.5) is 11.4 Å². The number of carbonyl (C=O) groups excluding carboxylic acids is 6. The molecule has 0 spiro atoms. The van der Waals surface area contributed by atoms with Crippen LogP contribution in [0.25, 0.3) is 0 Å². The normalized spacial score (nSPS) is 19.5. The van der Waals surface area contributed by atoms with E-state index in [2.05, 4.69) is 30.1 Å². The quantitative estimate of drug-likeness (QED) is 0.0691. The number of nitrogens with zero attached hydrogens (tertiary/aromatic N) is 2. The van der Waals surface area contributed by atoms with E-state index in [0.29, 0.717) is 35.8 Å². The average Bonchev–Trinajstić information content (AvgIpc) is 4.13. The number of likely N-dealkylation sites (tertiary alicyclic amines) is 2. The summed E-state index contributed by atoms with van der Waals surface area (Å²) in [5.41, 5.74) is 4.39. The Morgan fingerprint density at radius 3 is 1.24 bits per heavy atom. The third-order valence-electron chi connectivity index (χ3n) is 11.6. The standard InChI is InChI=1S/C46H48N6O10/c53-41(29-11-15-35(16-12-29)59-21-5-19-51-25-31-23-32(31)26-51)47-39-9-3-1-7-37(39)43(55)49-61-45(57)46(58)62-50-44(56)38-8-2-4-10-40(38)48-42(54)30-13-17-36(18-14-30)60-22-6-20-52-27-33-24-34(33)28-52/h1-4,7-18,31-34H,5-6,19-28H2,(H,47,53)(H,48,54)(H,49,55)(H,50,56)/t31-,32+,33-,34+. The van der Waals surface area contributed by atoms with Crippen molar-refractivity contribution in [3.8, 4) is 11.5 Å². The highest BCUT2D eigenvalue weighted by Gasteiger charge is 2.45. The van der Waals surface area contributed by atoms with Gasteiger partial charge in [0.2, 0.25) is 0 Å². The molecule has 2 saturated carbocycles. The van der Waals surface area contributed by atoms with Gasteiger partial charge in [0.1, 0.15) is 11.5 Å². The number of hydrogen-bond acceptors (Lipinski definition) is 12. The third-order valence-corrected chi connectivity index (χ3v) is 11.6. The Hall–Kier alpha value is -6.78. The number of benzene rings is 4. The summed E-state index contributed by atoms with van der Waals surface area (Å²) in [6, 6.07) is 25.2. The van der Waals surface area contributed by atoms with Crippen LogP contribution in [0.2, 0.25) is 0 Å². The van der Waals surface area contributed by atoms with Gasteiger partial charge in [-0.1, -0.05) is 24.3 Å². The van der Waals surface area contributed by atoms with E-state index in [1.807, 2.05) is 11.0 Å². The molecule has 2 heterocycles. The summed E-state index contributed by atoms with van der Waals surface area (Å²) in [4.78, 5) is 91.0. The first kappa shape index (κ1) is 41.9. The topological polar surface area (TPSA) is 194 Å². The minimum absolute atomic E-state index is 0.0762. The maximum atomic E-state index is 13.1. The molecule has 4 aliphatic rings. The van der Waals surface area contributed by atoms with Gasteiger partial charge in [-0.05, 0) is 122 Å². The summed E-state index contributed by atoms with van der Waals surface area (Å²) >= 11 is 0. The Morgan fingerprint density at radius 1 is 0.484 bits per heavy atom. The lowest BCUT2D eigenvalue weighted by Crippen LogP contribution is -2.36. The molecule has 4 N–H and O–H groups in total. The first-order chi connectivity index (χ1) is 30.2. The van der Waals surface area contributed by atoms with Crippen LogP contribution in [-0.2, 0) is 19.3 Å². The van der Waals surface area contributed by atoms with E-state index in [1.54, 1.807) is 60.7 Å². The molecule has 4 aromatic carbocycles. The Kier molecular flexibility index (Phi) is 13.0. The number of para-hydroxylation sites is 2. The zero-order valence-corrected chi connectivity index (χ0v) is 34.0. The fourth-order valence-electron chi connectivity index (χ4n) is 8.07. The number of ether oxygens (including phenoxy) is 2. The van der Waals surface area contributed by atoms with Crippen LogP contribution in [0, 0.1) is 23.7 Å². The number of fused-ring (bicyclic) bond motifs is 2. The van der Waals surface area contributed by atoms with Crippen molar-refractivity contribution in [3.63, 3.8) is 0 Å². The number of amides is 4. The van der Waals surface area contributed by atoms with E-state index in [4.69, 9.17) is 9.47 Å². The number of piperidine rings is 2. The first-order valence-corrected chi connectivity index (χ1v) is 20.9. The number of nitrogens with one attached hydrogen (secondary N) is 4. The number of rotatable bonds is 16. The van der Waals surface area contributed by atoms with Gasteiger partial charge in [0.05, 0.1) is 35.7 Å². The average molecular weight is 845 g/mol. The second-order valence-electron chi connectivity index (χ2n) is 16.1. The van der Waals surface area contributed by atoms with Crippen LogP contribution in [0.3, 0.4) is 0 Å². The predicted molar refractivity (Wildman–Crippen MR) is 225 cm³/mol. The Morgan fingerprint density at radius 2 is 0.855 bits per heavy atom. The second-order valence-corrected chi connectivity index (χ2v) is 16.1. The van der Waals surface area contributed by atoms with Crippen LogP contribution in [0.5, 0.6) is 11.5 Å². The molecule has 0 aromatic heterocycles. The molecule has 4 amide bonds. The van der Waals surface area contributed by atoms with E-state index >= 15 is 0 Å². The molecule has 2 saturated heterocycles. The van der Waals surface area contributed by atoms with Crippen molar-refractivity contribution in [2.24, 2.45) is 23.7 Å². The summed E-state index contributed by atoms with van der Waals surface area (Å²) in [5.74, 6) is -1.39. The van der Waals surface area contributed by atoms with Crippen LogP contribution < -0.4 is 31.1 Å². The van der Waals surface area contributed by atoms with Gasteiger partial charge in [-0.25, -0.2) is 9.59 Å². The molecule has 8 rings (SSSR count). The third kappa shape index (κ3) is 10.9. The van der Waals surface area contributed by atoms with Gasteiger partial charge in [-0.2, -0.15) is 11.0 Å². The molecule has 16 nitrogen and oxygen atoms in total. The SMILES string of the molecule is O=C(ONC(=O)c1ccccc1NC(=O)c1ccc(OCCCN2C[C@H]3C[C@H]3C2)cc1)C(=O)ONC(=O)c1ccccc1NC(=O)c1ccc(OCCCN2C[C@H]3C[C@H]3C2)cc1. The van der Waals surface area contributed by atoms with Crippen molar-refractivity contribution in [3.05, 3.63) is 119 Å². The number of hydroxylamine groups is 2. The smallest absolute Gasteiger partial charge is 0.443 e. The van der Waals surface area contributed by atoms with Crippen molar-refractivity contribution >= 4 is 46.9 Å². The zero-order valence-electron chi connectivity index (χ0n) is 34.0. The summed E-state index contributed by atoms with van der Waals surface area (Å²) in [7, 11) is 0. The molecule has 0 unspecified atom stereocenters. The molecule has 322 valence electrons. The van der Waals surface area contributed by atoms with Gasteiger partial charge in [0, 0.05) is 50.4 Å². The molecule has 0 bridgehead atoms. The molecule has 16 heteroatoms. The minimum Gasteiger partial charge on any atom is -0.494 e. The van der Waals surface area contributed by atoms with Gasteiger partial charge >= 0.3 is 11.9 Å². The molecule has 2 aliphatic carbocycles. The van der Waals surface area contributed by atoms with Crippen molar-refractivity contribution in [2.45, 2.75) is 25.7 Å². The van der Waals surface area contributed by atoms with Gasteiger partial charge < -0.3 is 39.6 Å². The van der Waals surface area contributed by atoms with Crippen molar-refractivity contribution in [1.82, 2.24) is 20.8 Å². The molecule has 4 fully saturated rings. The second kappa shape index (κ2) is 19.3. The van der Waals surface area contributed by atoms with Gasteiger partial charge in [0.25, 0.3) is 23.6 Å². The molecule has 4 atom stereocenters. The summed E-state index contributed by atoms with van der Waals surface area (Å²) < 4.78 is 11.7. The van der Waals surface area contributed by atoms with E-state index in [9.17, 15) is 28.8 Å². The highest BCUT2D eigenvalue weighted by molar-refractivity contribution is 6.30. The van der Waals surface area contributed by atoms with Crippen molar-refractivity contribution in [2.75, 3.05) is 63.1 Å². The molecule has 0 radical (unpaired) electrons. The zero-order chi connectivity index (χ0) is 43.0. The monoisotopic (exact) mass is 844 g/mol. The van der Waals surface area contributed by atoms with E-state index in [1.165, 1.54) is 75.4 Å². The van der Waals surface area contributed by atoms with Crippen LogP contribution in [-0.4, -0.2) is 97.8 Å². The number of hydrogen-bond donors (Lipinski definition) is 4. The molecule has 62 heavy (non-hydrogen) atoms. The molecular weight excluding hydrogens is 797 g/mol. The fourth-order valence-corrected chi connectivity index (χ4v) is 8.07. The maximum Gasteiger partial charge on any atom is 0.443 e. The Bertz CT molecular complexity index is 2120. The lowest BCUT2D eigenvalue weighted by molar-refractivity contribution is -0.173. The van der Waals surface area contributed by atoms with Gasteiger partial charge in [-0.15, -0.1) is 0 Å². The first-order valence-electron chi connectivity index (χ1n) is 20.9. The van der Waals surface area contributed by atoms with Crippen molar-refractivity contribution in [1.29, 1.82) is 0 Å². The minimum atomic E-state index is -1.66. The summed E-state index contributed by atoms with van der Waals surface area (Å²) in [6.07, 6.45) is 4.58. The van der Waals surface area contributed by atoms with E-state index in [0.717, 1.165) is 49.6 Å². The van der Waals surface area contributed by atoms with Gasteiger partial charge in [0.15, 0.2) is 0 Å². The van der Waals surface area contributed by atoms with Crippen LogP contribution in [0.1, 0.15) is 67.1 Å². The van der Waals surface area contributed by atoms with E-state index in [-0.39, 0.29) is 22.5 Å². The highest BCUT2D eigenvalue weighted by Crippen LogP contribution is 2.45. The maximum absolute atomic E-state index is 13.1. The van der Waals surface area contributed by atoms with E-state index < -0.39 is 35.6 Å². The Labute approximate surface area is 358 Å². The summed E-state index contributed by atoms with van der Waals surface area (Å²) in [5, 5.41) is 5.33. The number of carbonyl (C=O) groups is 6. The van der Waals surface area contributed by atoms with Crippen LogP contribution >= 0.6 is 0 Å². The molecule has 4 aromatic rings. The number of anilines is 2. The lowest BCUT2D eigenvalue weighted by Gasteiger charge is -2.17. The fraction of sp³-hybridized carbons (Fsp3) is 0.348. The van der Waals surface area contributed by atoms with Crippen molar-refractivity contribution < 1.29 is 47.9 Å². The largest absolute Gasteiger partial charge is 0.494 e. The Balaban J connectivity index is 0.748. The van der Waals surface area contributed by atoms with Gasteiger partial charge in [-0.3, -0.25) is 19.2 Å². The molecular formula is C46H48N6O10. The predicted octanol–water partition coefficient (Wildman–Crippen LogP) is 4.71. The molecule has 2 aliphatic heterocycles. The highest BCUT2D eigenvalue weighted by atomic mass is 16.7.